The van der Waals surface area contributed by atoms with E-state index in [2.05, 4.69) is 10.6 Å². The van der Waals surface area contributed by atoms with E-state index in [0.29, 0.717) is 5.11 Å². The largest absolute Gasteiger partial charge is 0.491 e. The lowest BCUT2D eigenvalue weighted by Gasteiger charge is -2.14. The number of thiocarbonyl (C=S) groups is 1. The molecule has 0 radical (unpaired) electrons. The Morgan fingerprint density at radius 3 is 2.75 bits per heavy atom. The van der Waals surface area contributed by atoms with Gasteiger partial charge in [0.05, 0.1) is 12.2 Å². The second kappa shape index (κ2) is 7.45. The van der Waals surface area contributed by atoms with Crippen LogP contribution in [0.1, 0.15) is 26.7 Å². The first-order valence-electron chi connectivity index (χ1n) is 7.06. The highest BCUT2D eigenvalue weighted by molar-refractivity contribution is 7.80. The highest BCUT2D eigenvalue weighted by atomic mass is 32.1. The van der Waals surface area contributed by atoms with Crippen LogP contribution in [0, 0.1) is 0 Å². The Hall–Kier alpha value is -1.33. The van der Waals surface area contributed by atoms with Gasteiger partial charge >= 0.3 is 0 Å². The molecule has 1 saturated heterocycles. The van der Waals surface area contributed by atoms with Crippen LogP contribution in [0.3, 0.4) is 0 Å². The molecule has 0 amide bonds. The molecule has 0 saturated carbocycles. The lowest BCUT2D eigenvalue weighted by molar-refractivity contribution is 0.114. The minimum Gasteiger partial charge on any atom is -0.491 e. The van der Waals surface area contributed by atoms with Crippen LogP contribution >= 0.6 is 12.2 Å². The maximum atomic E-state index is 5.60. The van der Waals surface area contributed by atoms with E-state index < -0.39 is 0 Å². The van der Waals surface area contributed by atoms with Gasteiger partial charge in [0.1, 0.15) is 5.75 Å². The molecule has 110 valence electrons. The SMILES string of the molecule is CC(C)Oc1ccc(NC(=S)NC[C@@H]2CCCO2)cc1. The smallest absolute Gasteiger partial charge is 0.170 e. The Morgan fingerprint density at radius 2 is 2.15 bits per heavy atom. The first kappa shape index (κ1) is 15.1. The summed E-state index contributed by atoms with van der Waals surface area (Å²) in [5.41, 5.74) is 0.950. The van der Waals surface area contributed by atoms with E-state index in [9.17, 15) is 0 Å². The van der Waals surface area contributed by atoms with Crippen molar-refractivity contribution >= 4 is 23.0 Å². The molecule has 20 heavy (non-hydrogen) atoms. The highest BCUT2D eigenvalue weighted by Gasteiger charge is 2.15. The van der Waals surface area contributed by atoms with Crippen LogP contribution in [0.5, 0.6) is 5.75 Å². The summed E-state index contributed by atoms with van der Waals surface area (Å²) in [6.45, 7) is 5.65. The molecule has 2 rings (SSSR count). The molecule has 1 aromatic rings. The number of ether oxygens (including phenoxy) is 2. The highest BCUT2D eigenvalue weighted by Crippen LogP contribution is 2.17. The summed E-state index contributed by atoms with van der Waals surface area (Å²) in [6, 6.07) is 7.78. The van der Waals surface area contributed by atoms with Gasteiger partial charge in [0.2, 0.25) is 0 Å². The van der Waals surface area contributed by atoms with Gasteiger partial charge in [0.15, 0.2) is 5.11 Å². The van der Waals surface area contributed by atoms with Crippen LogP contribution in [0.15, 0.2) is 24.3 Å². The summed E-state index contributed by atoms with van der Waals surface area (Å²) in [4.78, 5) is 0. The number of rotatable bonds is 5. The van der Waals surface area contributed by atoms with Gasteiger partial charge in [-0.2, -0.15) is 0 Å². The quantitative estimate of drug-likeness (QED) is 0.817. The van der Waals surface area contributed by atoms with E-state index in [1.54, 1.807) is 0 Å². The van der Waals surface area contributed by atoms with E-state index in [1.807, 2.05) is 38.1 Å². The maximum Gasteiger partial charge on any atom is 0.170 e. The third kappa shape index (κ3) is 4.98. The van der Waals surface area contributed by atoms with Crippen LogP contribution in [0.2, 0.25) is 0 Å². The van der Waals surface area contributed by atoms with Gasteiger partial charge in [0.25, 0.3) is 0 Å². The van der Waals surface area contributed by atoms with Crippen molar-refractivity contribution in [3.8, 4) is 5.75 Å². The van der Waals surface area contributed by atoms with Crippen molar-refractivity contribution in [2.45, 2.75) is 38.9 Å². The zero-order valence-corrected chi connectivity index (χ0v) is 12.8. The molecule has 1 aliphatic rings. The number of hydrogen-bond acceptors (Lipinski definition) is 3. The molecule has 5 heteroatoms. The molecule has 1 fully saturated rings. The Labute approximate surface area is 125 Å². The summed E-state index contributed by atoms with van der Waals surface area (Å²) in [7, 11) is 0. The molecule has 1 aromatic carbocycles. The van der Waals surface area contributed by atoms with Crippen LogP contribution in [-0.2, 0) is 4.74 Å². The summed E-state index contributed by atoms with van der Waals surface area (Å²) in [5.74, 6) is 0.865. The molecule has 1 atom stereocenters. The third-order valence-corrected chi connectivity index (χ3v) is 3.24. The molecule has 1 aliphatic heterocycles. The minimum atomic E-state index is 0.183. The Morgan fingerprint density at radius 1 is 1.40 bits per heavy atom. The lowest BCUT2D eigenvalue weighted by Crippen LogP contribution is -2.34. The van der Waals surface area contributed by atoms with Gasteiger partial charge in [0, 0.05) is 18.8 Å². The fourth-order valence-electron chi connectivity index (χ4n) is 2.08. The first-order chi connectivity index (χ1) is 9.63. The zero-order chi connectivity index (χ0) is 14.4. The third-order valence-electron chi connectivity index (χ3n) is 3.00. The zero-order valence-electron chi connectivity index (χ0n) is 12.0. The van der Waals surface area contributed by atoms with E-state index in [1.165, 1.54) is 0 Å². The first-order valence-corrected chi connectivity index (χ1v) is 7.47. The van der Waals surface area contributed by atoms with Crippen LogP contribution in [0.4, 0.5) is 5.69 Å². The number of benzene rings is 1. The number of anilines is 1. The molecule has 4 nitrogen and oxygen atoms in total. The normalized spacial score (nSPS) is 18.1. The average Bonchev–Trinajstić information content (AvgIpc) is 2.91. The summed E-state index contributed by atoms with van der Waals surface area (Å²) in [6.07, 6.45) is 2.72. The van der Waals surface area contributed by atoms with Crippen molar-refractivity contribution in [1.29, 1.82) is 0 Å². The van der Waals surface area contributed by atoms with Gasteiger partial charge in [-0.05, 0) is 63.2 Å². The van der Waals surface area contributed by atoms with E-state index >= 15 is 0 Å². The van der Waals surface area contributed by atoms with Crippen LogP contribution in [-0.4, -0.2) is 30.5 Å². The number of hydrogen-bond donors (Lipinski definition) is 2. The standard InChI is InChI=1S/C15H22N2O2S/c1-11(2)19-13-7-5-12(6-8-13)17-15(20)16-10-14-4-3-9-18-14/h5-8,11,14H,3-4,9-10H2,1-2H3,(H2,16,17,20)/t14-/m0/s1. The topological polar surface area (TPSA) is 42.5 Å². The fraction of sp³-hybridized carbons (Fsp3) is 0.533. The van der Waals surface area contributed by atoms with Gasteiger partial charge in [-0.1, -0.05) is 0 Å². The summed E-state index contributed by atoms with van der Waals surface area (Å²) < 4.78 is 11.1. The van der Waals surface area contributed by atoms with Crippen molar-refractivity contribution < 1.29 is 9.47 Å². The molecule has 0 spiro atoms. The van der Waals surface area contributed by atoms with Crippen molar-refractivity contribution in [3.63, 3.8) is 0 Å². The number of nitrogens with one attached hydrogen (secondary N) is 2. The Balaban J connectivity index is 1.75. The average molecular weight is 294 g/mol. The van der Waals surface area contributed by atoms with Gasteiger partial charge in [-0.15, -0.1) is 0 Å². The monoisotopic (exact) mass is 294 g/mol. The second-order valence-corrected chi connectivity index (χ2v) is 5.57. The summed E-state index contributed by atoms with van der Waals surface area (Å²) in [5, 5.41) is 6.96. The van der Waals surface area contributed by atoms with Crippen LogP contribution < -0.4 is 15.4 Å². The van der Waals surface area contributed by atoms with Gasteiger partial charge in [-0.25, -0.2) is 0 Å². The van der Waals surface area contributed by atoms with Crippen molar-refractivity contribution in [2.75, 3.05) is 18.5 Å². The van der Waals surface area contributed by atoms with Crippen molar-refractivity contribution in [3.05, 3.63) is 24.3 Å². The van der Waals surface area contributed by atoms with Crippen molar-refractivity contribution in [1.82, 2.24) is 5.32 Å². The molecule has 0 unspecified atom stereocenters. The van der Waals surface area contributed by atoms with Crippen LogP contribution in [0.25, 0.3) is 0 Å². The fourth-order valence-corrected chi connectivity index (χ4v) is 2.28. The minimum absolute atomic E-state index is 0.183. The van der Waals surface area contributed by atoms with E-state index in [-0.39, 0.29) is 12.2 Å². The van der Waals surface area contributed by atoms with Crippen molar-refractivity contribution in [2.24, 2.45) is 0 Å². The lowest BCUT2D eigenvalue weighted by atomic mass is 10.2. The second-order valence-electron chi connectivity index (χ2n) is 5.16. The molecule has 0 bridgehead atoms. The Kier molecular flexibility index (Phi) is 5.61. The predicted octanol–water partition coefficient (Wildman–Crippen LogP) is 2.94. The summed E-state index contributed by atoms with van der Waals surface area (Å²) >= 11 is 5.26. The molecular weight excluding hydrogens is 272 g/mol. The van der Waals surface area contributed by atoms with E-state index in [0.717, 1.165) is 37.4 Å². The predicted molar refractivity (Wildman–Crippen MR) is 85.4 cm³/mol. The molecular formula is C15H22N2O2S. The Bertz CT molecular complexity index is 428. The molecule has 0 aliphatic carbocycles. The van der Waals surface area contributed by atoms with Gasteiger partial charge < -0.3 is 20.1 Å². The maximum absolute atomic E-state index is 5.60. The van der Waals surface area contributed by atoms with E-state index in [4.69, 9.17) is 21.7 Å². The molecule has 0 aromatic heterocycles. The molecule has 2 N–H and O–H groups in total. The van der Waals surface area contributed by atoms with Gasteiger partial charge in [-0.3, -0.25) is 0 Å². The molecule has 1 heterocycles.